The van der Waals surface area contributed by atoms with Gasteiger partial charge < -0.3 is 15.7 Å². The lowest BCUT2D eigenvalue weighted by Gasteiger charge is -2.04. The highest BCUT2D eigenvalue weighted by Crippen LogP contribution is 2.16. The standard InChI is InChI=1S/C20H17N3O4S/c24-17(10-13-4-2-1-3-5-13)23-20-22-16(12-28-20)18(25)21-11-14-6-8-15(9-7-14)19(26)27/h1-9,12H,10-11H2,(H,21,25)(H,26,27)(H,22,23,24). The Morgan fingerprint density at radius 3 is 2.36 bits per heavy atom. The van der Waals surface area contributed by atoms with Crippen molar-refractivity contribution in [2.24, 2.45) is 0 Å². The van der Waals surface area contributed by atoms with Gasteiger partial charge in [0.05, 0.1) is 12.0 Å². The Labute approximate surface area is 165 Å². The molecule has 0 saturated carbocycles. The monoisotopic (exact) mass is 395 g/mol. The maximum Gasteiger partial charge on any atom is 0.335 e. The van der Waals surface area contributed by atoms with E-state index in [1.54, 1.807) is 17.5 Å². The summed E-state index contributed by atoms with van der Waals surface area (Å²) in [4.78, 5) is 39.2. The fraction of sp³-hybridized carbons (Fsp3) is 0.100. The number of nitrogens with zero attached hydrogens (tertiary/aromatic N) is 1. The summed E-state index contributed by atoms with van der Waals surface area (Å²) >= 11 is 1.17. The molecule has 0 radical (unpaired) electrons. The third kappa shape index (κ3) is 5.24. The number of carbonyl (C=O) groups is 3. The molecular weight excluding hydrogens is 378 g/mol. The Morgan fingerprint density at radius 1 is 0.964 bits per heavy atom. The number of anilines is 1. The number of hydrogen-bond donors (Lipinski definition) is 3. The fourth-order valence-corrected chi connectivity index (χ4v) is 3.13. The molecule has 0 spiro atoms. The van der Waals surface area contributed by atoms with Crippen molar-refractivity contribution in [1.29, 1.82) is 0 Å². The van der Waals surface area contributed by atoms with Crippen molar-refractivity contribution in [3.05, 3.63) is 82.4 Å². The van der Waals surface area contributed by atoms with Gasteiger partial charge in [-0.1, -0.05) is 42.5 Å². The summed E-state index contributed by atoms with van der Waals surface area (Å²) in [6, 6.07) is 15.6. The smallest absolute Gasteiger partial charge is 0.335 e. The van der Waals surface area contributed by atoms with Crippen molar-refractivity contribution in [3.8, 4) is 0 Å². The summed E-state index contributed by atoms with van der Waals surface area (Å²) in [7, 11) is 0. The molecule has 0 aliphatic heterocycles. The number of thiazole rings is 1. The van der Waals surface area contributed by atoms with Crippen molar-refractivity contribution < 1.29 is 19.5 Å². The van der Waals surface area contributed by atoms with Crippen LogP contribution < -0.4 is 10.6 Å². The van der Waals surface area contributed by atoms with E-state index in [4.69, 9.17) is 5.11 Å². The molecule has 0 unspecified atom stereocenters. The van der Waals surface area contributed by atoms with Crippen LogP contribution in [0, 0.1) is 0 Å². The molecule has 0 saturated heterocycles. The average molecular weight is 395 g/mol. The van der Waals surface area contributed by atoms with E-state index in [-0.39, 0.29) is 36.0 Å². The second-order valence-electron chi connectivity index (χ2n) is 5.93. The fourth-order valence-electron chi connectivity index (χ4n) is 2.42. The molecule has 0 aliphatic rings. The van der Waals surface area contributed by atoms with E-state index in [0.717, 1.165) is 11.1 Å². The first-order chi connectivity index (χ1) is 13.5. The molecule has 7 nitrogen and oxygen atoms in total. The van der Waals surface area contributed by atoms with Gasteiger partial charge >= 0.3 is 5.97 Å². The quantitative estimate of drug-likeness (QED) is 0.570. The van der Waals surface area contributed by atoms with Crippen molar-refractivity contribution >= 4 is 34.3 Å². The number of amides is 2. The van der Waals surface area contributed by atoms with E-state index < -0.39 is 5.97 Å². The van der Waals surface area contributed by atoms with Crippen LogP contribution >= 0.6 is 11.3 Å². The molecule has 3 rings (SSSR count). The first-order valence-electron chi connectivity index (χ1n) is 8.41. The minimum atomic E-state index is -1.00. The maximum atomic E-state index is 12.2. The topological polar surface area (TPSA) is 108 Å². The van der Waals surface area contributed by atoms with E-state index in [0.29, 0.717) is 5.13 Å². The Kier molecular flexibility index (Phi) is 6.13. The van der Waals surface area contributed by atoms with Gasteiger partial charge in [0.2, 0.25) is 5.91 Å². The van der Waals surface area contributed by atoms with E-state index in [9.17, 15) is 14.4 Å². The minimum absolute atomic E-state index is 0.186. The summed E-state index contributed by atoms with van der Waals surface area (Å²) in [6.07, 6.45) is 0.230. The first kappa shape index (κ1) is 19.2. The van der Waals surface area contributed by atoms with Gasteiger partial charge in [0.25, 0.3) is 5.91 Å². The van der Waals surface area contributed by atoms with Crippen LogP contribution in [-0.4, -0.2) is 27.9 Å². The highest BCUT2D eigenvalue weighted by Gasteiger charge is 2.13. The number of rotatable bonds is 7. The number of aromatic carboxylic acids is 1. The third-order valence-electron chi connectivity index (χ3n) is 3.84. The van der Waals surface area contributed by atoms with Crippen LogP contribution in [0.25, 0.3) is 0 Å². The number of benzene rings is 2. The molecule has 142 valence electrons. The molecule has 0 aliphatic carbocycles. The van der Waals surface area contributed by atoms with Gasteiger partial charge in [0, 0.05) is 11.9 Å². The van der Waals surface area contributed by atoms with Crippen LogP contribution in [0.5, 0.6) is 0 Å². The third-order valence-corrected chi connectivity index (χ3v) is 4.60. The Morgan fingerprint density at radius 2 is 1.68 bits per heavy atom. The van der Waals surface area contributed by atoms with Crippen LogP contribution in [0.2, 0.25) is 0 Å². The number of hydrogen-bond acceptors (Lipinski definition) is 5. The van der Waals surface area contributed by atoms with Crippen LogP contribution in [0.4, 0.5) is 5.13 Å². The zero-order valence-electron chi connectivity index (χ0n) is 14.7. The summed E-state index contributed by atoms with van der Waals surface area (Å²) in [6.45, 7) is 0.242. The van der Waals surface area contributed by atoms with E-state index >= 15 is 0 Å². The Hall–Kier alpha value is -3.52. The number of nitrogens with one attached hydrogen (secondary N) is 2. The second kappa shape index (κ2) is 8.92. The van der Waals surface area contributed by atoms with E-state index in [1.807, 2.05) is 30.3 Å². The highest BCUT2D eigenvalue weighted by atomic mass is 32.1. The normalized spacial score (nSPS) is 10.3. The molecule has 2 amide bonds. The SMILES string of the molecule is O=C(Cc1ccccc1)Nc1nc(C(=O)NCc2ccc(C(=O)O)cc2)cs1. The molecule has 0 bridgehead atoms. The van der Waals surface area contributed by atoms with Gasteiger partial charge in [-0.05, 0) is 23.3 Å². The van der Waals surface area contributed by atoms with Crippen LogP contribution in [0.1, 0.15) is 32.0 Å². The van der Waals surface area contributed by atoms with Crippen molar-refractivity contribution in [1.82, 2.24) is 10.3 Å². The summed E-state index contributed by atoms with van der Waals surface area (Å²) in [5.41, 5.74) is 2.06. The maximum absolute atomic E-state index is 12.2. The van der Waals surface area contributed by atoms with Gasteiger partial charge in [0.15, 0.2) is 5.13 Å². The summed E-state index contributed by atoms with van der Waals surface area (Å²) in [5.74, 6) is -1.58. The number of carbonyl (C=O) groups excluding carboxylic acids is 2. The lowest BCUT2D eigenvalue weighted by molar-refractivity contribution is -0.115. The Balaban J connectivity index is 1.52. The van der Waals surface area contributed by atoms with Gasteiger partial charge in [-0.3, -0.25) is 9.59 Å². The highest BCUT2D eigenvalue weighted by molar-refractivity contribution is 7.14. The zero-order valence-corrected chi connectivity index (χ0v) is 15.5. The molecule has 3 N–H and O–H groups in total. The lowest BCUT2D eigenvalue weighted by atomic mass is 10.1. The molecule has 28 heavy (non-hydrogen) atoms. The van der Waals surface area contributed by atoms with Gasteiger partial charge in [-0.2, -0.15) is 0 Å². The summed E-state index contributed by atoms with van der Waals surface area (Å²) < 4.78 is 0. The number of aromatic nitrogens is 1. The largest absolute Gasteiger partial charge is 0.478 e. The molecule has 1 heterocycles. The molecule has 2 aromatic carbocycles. The number of carboxylic acids is 1. The molecule has 0 fully saturated rings. The average Bonchev–Trinajstić information content (AvgIpc) is 3.15. The van der Waals surface area contributed by atoms with Crippen LogP contribution in [0.3, 0.4) is 0 Å². The summed E-state index contributed by atoms with van der Waals surface area (Å²) in [5, 5.41) is 16.2. The molecular formula is C20H17N3O4S. The zero-order chi connectivity index (χ0) is 19.9. The molecule has 0 atom stereocenters. The predicted molar refractivity (Wildman–Crippen MR) is 105 cm³/mol. The molecule has 3 aromatic rings. The van der Waals surface area contributed by atoms with Crippen molar-refractivity contribution in [2.75, 3.05) is 5.32 Å². The lowest BCUT2D eigenvalue weighted by Crippen LogP contribution is -2.23. The van der Waals surface area contributed by atoms with Gasteiger partial charge in [-0.15, -0.1) is 11.3 Å². The second-order valence-corrected chi connectivity index (χ2v) is 6.79. The minimum Gasteiger partial charge on any atom is -0.478 e. The van der Waals surface area contributed by atoms with Crippen LogP contribution in [-0.2, 0) is 17.8 Å². The molecule has 8 heteroatoms. The van der Waals surface area contributed by atoms with Crippen molar-refractivity contribution in [3.63, 3.8) is 0 Å². The van der Waals surface area contributed by atoms with E-state index in [2.05, 4.69) is 15.6 Å². The van der Waals surface area contributed by atoms with Gasteiger partial charge in [-0.25, -0.2) is 9.78 Å². The van der Waals surface area contributed by atoms with E-state index in [1.165, 1.54) is 23.5 Å². The van der Waals surface area contributed by atoms with Crippen LogP contribution in [0.15, 0.2) is 60.0 Å². The van der Waals surface area contributed by atoms with Gasteiger partial charge in [0.1, 0.15) is 5.69 Å². The van der Waals surface area contributed by atoms with Crippen molar-refractivity contribution in [2.45, 2.75) is 13.0 Å². The first-order valence-corrected chi connectivity index (χ1v) is 9.29. The Bertz CT molecular complexity index is 984. The predicted octanol–water partition coefficient (Wildman–Crippen LogP) is 2.95. The number of carboxylic acid groups (broad SMARTS) is 1. The molecule has 1 aromatic heterocycles.